The standard InChI is InChI=1S/C30H28ClN5O2S/c31-22-8-6-7-21(19-22)20-39-30-32-25-12-5-4-11-24(25)28-33-29(38)26(36(28)30)13-14-27(37)35-17-15-34(16-18-35)23-9-2-1-3-10-23/h1-12,19,26H,13-18,20H2. The molecule has 3 aliphatic rings. The van der Waals surface area contributed by atoms with Crippen LogP contribution in [0.5, 0.6) is 0 Å². The Hall–Kier alpha value is -3.62. The lowest BCUT2D eigenvalue weighted by atomic mass is 10.1. The number of halogens is 1. The largest absolute Gasteiger partial charge is 0.368 e. The quantitative estimate of drug-likeness (QED) is 0.408. The molecule has 6 rings (SSSR count). The van der Waals surface area contributed by atoms with E-state index in [1.807, 2.05) is 76.5 Å². The van der Waals surface area contributed by atoms with Crippen molar-refractivity contribution in [2.45, 2.75) is 24.6 Å². The third-order valence-corrected chi connectivity index (χ3v) is 8.51. The summed E-state index contributed by atoms with van der Waals surface area (Å²) in [5, 5.41) is 1.40. The molecule has 0 aromatic heterocycles. The van der Waals surface area contributed by atoms with Gasteiger partial charge in [-0.3, -0.25) is 14.5 Å². The van der Waals surface area contributed by atoms with Crippen molar-refractivity contribution in [2.75, 3.05) is 31.1 Å². The molecule has 198 valence electrons. The van der Waals surface area contributed by atoms with Gasteiger partial charge in [-0.2, -0.15) is 4.99 Å². The number of fused-ring (bicyclic) bond motifs is 3. The summed E-state index contributed by atoms with van der Waals surface area (Å²) in [6, 6.07) is 25.2. The molecule has 3 aliphatic heterocycles. The lowest BCUT2D eigenvalue weighted by molar-refractivity contribution is -0.131. The van der Waals surface area contributed by atoms with E-state index in [2.05, 4.69) is 22.0 Å². The summed E-state index contributed by atoms with van der Waals surface area (Å²) in [5.41, 5.74) is 3.88. The summed E-state index contributed by atoms with van der Waals surface area (Å²) in [4.78, 5) is 41.8. The fraction of sp³-hybridized carbons (Fsp3) is 0.267. The Bertz CT molecular complexity index is 1450. The molecule has 7 nitrogen and oxygen atoms in total. The molecule has 3 aromatic carbocycles. The van der Waals surface area contributed by atoms with E-state index in [4.69, 9.17) is 16.6 Å². The number of amides is 2. The zero-order valence-electron chi connectivity index (χ0n) is 21.4. The molecule has 2 amide bonds. The van der Waals surface area contributed by atoms with E-state index in [-0.39, 0.29) is 18.2 Å². The van der Waals surface area contributed by atoms with Gasteiger partial charge < -0.3 is 9.80 Å². The van der Waals surface area contributed by atoms with Gasteiger partial charge in [0.15, 0.2) is 5.17 Å². The van der Waals surface area contributed by atoms with Crippen molar-refractivity contribution < 1.29 is 9.59 Å². The van der Waals surface area contributed by atoms with E-state index < -0.39 is 6.04 Å². The number of nitrogens with zero attached hydrogens (tertiary/aromatic N) is 5. The van der Waals surface area contributed by atoms with Crippen LogP contribution in [0.3, 0.4) is 0 Å². The van der Waals surface area contributed by atoms with Crippen LogP contribution in [0.4, 0.5) is 11.4 Å². The van der Waals surface area contributed by atoms with E-state index in [1.165, 1.54) is 5.69 Å². The number of anilines is 1. The highest BCUT2D eigenvalue weighted by Crippen LogP contribution is 2.36. The van der Waals surface area contributed by atoms with E-state index in [0.717, 1.165) is 29.9 Å². The fourth-order valence-electron chi connectivity index (χ4n) is 5.22. The number of piperazine rings is 1. The third kappa shape index (κ3) is 5.44. The van der Waals surface area contributed by atoms with Crippen molar-refractivity contribution in [3.05, 3.63) is 95.0 Å². The van der Waals surface area contributed by atoms with Gasteiger partial charge in [-0.15, -0.1) is 0 Å². The van der Waals surface area contributed by atoms with E-state index in [1.54, 1.807) is 11.8 Å². The van der Waals surface area contributed by atoms with Gasteiger partial charge in [0.05, 0.1) is 5.69 Å². The number of hydrogen-bond donors (Lipinski definition) is 0. The first kappa shape index (κ1) is 25.6. The molecule has 0 radical (unpaired) electrons. The number of aliphatic imine (C=N–C) groups is 2. The van der Waals surface area contributed by atoms with Gasteiger partial charge in [-0.1, -0.05) is 65.8 Å². The first-order chi connectivity index (χ1) is 19.1. The monoisotopic (exact) mass is 557 g/mol. The van der Waals surface area contributed by atoms with Gasteiger partial charge in [0.1, 0.15) is 11.9 Å². The minimum Gasteiger partial charge on any atom is -0.368 e. The molecule has 0 spiro atoms. The van der Waals surface area contributed by atoms with Crippen LogP contribution >= 0.6 is 23.4 Å². The lowest BCUT2D eigenvalue weighted by Gasteiger charge is -2.36. The van der Waals surface area contributed by atoms with Gasteiger partial charge >= 0.3 is 0 Å². The Balaban J connectivity index is 1.14. The number of rotatable bonds is 6. The van der Waals surface area contributed by atoms with Crippen molar-refractivity contribution in [1.29, 1.82) is 0 Å². The van der Waals surface area contributed by atoms with Crippen molar-refractivity contribution in [3.8, 4) is 0 Å². The SMILES string of the molecule is O=C1N=C2c3ccccc3N=C(SCc3cccc(Cl)c3)N2C1CCC(=O)N1CCN(c2ccccc2)CC1. The van der Waals surface area contributed by atoms with Crippen molar-refractivity contribution >= 4 is 57.6 Å². The molecule has 9 heteroatoms. The molecular formula is C30H28ClN5O2S. The number of thioether (sulfide) groups is 1. The molecule has 39 heavy (non-hydrogen) atoms. The lowest BCUT2D eigenvalue weighted by Crippen LogP contribution is -2.49. The van der Waals surface area contributed by atoms with Crippen LogP contribution in [0.15, 0.2) is 88.8 Å². The Morgan fingerprint density at radius 1 is 0.923 bits per heavy atom. The zero-order chi connectivity index (χ0) is 26.8. The maximum Gasteiger partial charge on any atom is 0.270 e. The molecule has 1 saturated heterocycles. The Morgan fingerprint density at radius 3 is 2.49 bits per heavy atom. The van der Waals surface area contributed by atoms with Gasteiger partial charge in [0, 0.05) is 54.6 Å². The van der Waals surface area contributed by atoms with Crippen LogP contribution in [0, 0.1) is 0 Å². The molecule has 3 aromatic rings. The summed E-state index contributed by atoms with van der Waals surface area (Å²) in [5.74, 6) is 1.12. The highest BCUT2D eigenvalue weighted by molar-refractivity contribution is 8.13. The van der Waals surface area contributed by atoms with E-state index in [0.29, 0.717) is 41.3 Å². The number of benzene rings is 3. The smallest absolute Gasteiger partial charge is 0.270 e. The Kier molecular flexibility index (Phi) is 7.39. The molecule has 1 fully saturated rings. The molecule has 0 saturated carbocycles. The van der Waals surface area contributed by atoms with Crippen LogP contribution in [0.25, 0.3) is 0 Å². The van der Waals surface area contributed by atoms with Gasteiger partial charge in [0.25, 0.3) is 5.91 Å². The summed E-state index contributed by atoms with van der Waals surface area (Å²) < 4.78 is 0. The van der Waals surface area contributed by atoms with Gasteiger partial charge in [0.2, 0.25) is 5.91 Å². The van der Waals surface area contributed by atoms with Crippen molar-refractivity contribution in [2.24, 2.45) is 9.98 Å². The maximum atomic E-state index is 13.2. The van der Waals surface area contributed by atoms with Crippen LogP contribution in [-0.4, -0.2) is 64.8 Å². The molecule has 1 atom stereocenters. The summed E-state index contributed by atoms with van der Waals surface area (Å²) in [6.45, 7) is 2.94. The predicted octanol–water partition coefficient (Wildman–Crippen LogP) is 5.36. The number of para-hydroxylation sites is 2. The second-order valence-corrected chi connectivity index (χ2v) is 11.1. The van der Waals surface area contributed by atoms with Crippen molar-refractivity contribution in [3.63, 3.8) is 0 Å². The Labute approximate surface area is 237 Å². The van der Waals surface area contributed by atoms with Crippen LogP contribution in [0.1, 0.15) is 24.0 Å². The van der Waals surface area contributed by atoms with Crippen LogP contribution in [0.2, 0.25) is 5.02 Å². The number of carbonyl (C=O) groups excluding carboxylic acids is 2. The second-order valence-electron chi connectivity index (χ2n) is 9.73. The third-order valence-electron chi connectivity index (χ3n) is 7.25. The van der Waals surface area contributed by atoms with Crippen molar-refractivity contribution in [1.82, 2.24) is 9.80 Å². The fourth-order valence-corrected chi connectivity index (χ4v) is 6.43. The van der Waals surface area contributed by atoms with Crippen LogP contribution < -0.4 is 4.90 Å². The minimum absolute atomic E-state index is 0.0754. The van der Waals surface area contributed by atoms with E-state index >= 15 is 0 Å². The maximum absolute atomic E-state index is 13.2. The van der Waals surface area contributed by atoms with E-state index in [9.17, 15) is 9.59 Å². The summed E-state index contributed by atoms with van der Waals surface area (Å²) in [6.07, 6.45) is 0.678. The second kappa shape index (κ2) is 11.2. The molecule has 0 bridgehead atoms. The Morgan fingerprint density at radius 2 is 1.69 bits per heavy atom. The summed E-state index contributed by atoms with van der Waals surface area (Å²) >= 11 is 7.74. The van der Waals surface area contributed by atoms with Gasteiger partial charge in [-0.25, -0.2) is 4.99 Å². The zero-order valence-corrected chi connectivity index (χ0v) is 22.9. The molecular weight excluding hydrogens is 530 g/mol. The molecule has 0 N–H and O–H groups in total. The molecule has 1 unspecified atom stereocenters. The van der Waals surface area contributed by atoms with Crippen LogP contribution in [-0.2, 0) is 15.3 Å². The normalized spacial score (nSPS) is 18.4. The highest BCUT2D eigenvalue weighted by atomic mass is 35.5. The number of amidine groups is 2. The average molecular weight is 558 g/mol. The first-order valence-corrected chi connectivity index (χ1v) is 14.5. The molecule has 3 heterocycles. The summed E-state index contributed by atoms with van der Waals surface area (Å²) in [7, 11) is 0. The number of carbonyl (C=O) groups is 2. The topological polar surface area (TPSA) is 68.6 Å². The molecule has 0 aliphatic carbocycles. The highest BCUT2D eigenvalue weighted by Gasteiger charge is 2.42. The number of hydrogen-bond acceptors (Lipinski definition) is 6. The van der Waals surface area contributed by atoms with Gasteiger partial charge in [-0.05, 0) is 48.4 Å². The average Bonchev–Trinajstić information content (AvgIpc) is 3.31. The minimum atomic E-state index is -0.548. The first-order valence-electron chi connectivity index (χ1n) is 13.1. The predicted molar refractivity (Wildman–Crippen MR) is 158 cm³/mol.